The van der Waals surface area contributed by atoms with Crippen LogP contribution in [0.3, 0.4) is 0 Å². The lowest BCUT2D eigenvalue weighted by atomic mass is 10.1. The molecule has 0 saturated heterocycles. The molecule has 0 spiro atoms. The van der Waals surface area contributed by atoms with Gasteiger partial charge in [0.1, 0.15) is 0 Å². The third kappa shape index (κ3) is 6.22. The van der Waals surface area contributed by atoms with Crippen molar-refractivity contribution in [1.29, 1.82) is 0 Å². The second-order valence-corrected chi connectivity index (χ2v) is 3.19. The van der Waals surface area contributed by atoms with Gasteiger partial charge in [-0.1, -0.05) is 26.2 Å². The van der Waals surface area contributed by atoms with Crippen LogP contribution in [0, 0.1) is 0 Å². The maximum absolute atomic E-state index is 10.6. The predicted octanol–water partition coefficient (Wildman–Crippen LogP) is 1.45. The average Bonchev–Trinajstić information content (AvgIpc) is 2.09. The molecule has 3 N–H and O–H groups in total. The number of hydrogen-bond donors (Lipinski definition) is 2. The molecule has 0 saturated carbocycles. The van der Waals surface area contributed by atoms with Gasteiger partial charge in [0.05, 0.1) is 0 Å². The van der Waals surface area contributed by atoms with Crippen molar-refractivity contribution >= 4 is 11.9 Å². The van der Waals surface area contributed by atoms with Crippen LogP contribution in [0.25, 0.3) is 0 Å². The highest BCUT2D eigenvalue weighted by atomic mass is 16.4. The summed E-state index contributed by atoms with van der Waals surface area (Å²) in [6.07, 6.45) is 5.37. The Hall–Kier alpha value is -1.32. The number of nitrogens with two attached hydrogens (primary N) is 1. The van der Waals surface area contributed by atoms with Crippen LogP contribution in [0.1, 0.15) is 39.0 Å². The molecule has 0 fully saturated rings. The van der Waals surface area contributed by atoms with Crippen molar-refractivity contribution in [3.63, 3.8) is 0 Å². The lowest BCUT2D eigenvalue weighted by Crippen LogP contribution is -2.11. The minimum absolute atomic E-state index is 0.105. The summed E-state index contributed by atoms with van der Waals surface area (Å²) in [7, 11) is 0. The highest BCUT2D eigenvalue weighted by Crippen LogP contribution is 2.10. The summed E-state index contributed by atoms with van der Waals surface area (Å²) in [5.41, 5.74) is 4.99. The molecular formula is C10H17NO3. The minimum Gasteiger partial charge on any atom is -0.478 e. The average molecular weight is 199 g/mol. The van der Waals surface area contributed by atoms with Crippen molar-refractivity contribution in [2.45, 2.75) is 39.0 Å². The van der Waals surface area contributed by atoms with Crippen LogP contribution in [-0.4, -0.2) is 17.0 Å². The Morgan fingerprint density at radius 1 is 1.29 bits per heavy atom. The fourth-order valence-electron chi connectivity index (χ4n) is 1.15. The first-order chi connectivity index (χ1) is 6.57. The summed E-state index contributed by atoms with van der Waals surface area (Å²) in [5.74, 6) is -1.75. The summed E-state index contributed by atoms with van der Waals surface area (Å²) < 4.78 is 0. The van der Waals surface area contributed by atoms with Crippen molar-refractivity contribution < 1.29 is 14.7 Å². The van der Waals surface area contributed by atoms with Gasteiger partial charge >= 0.3 is 5.97 Å². The van der Waals surface area contributed by atoms with E-state index in [-0.39, 0.29) is 5.57 Å². The first-order valence-corrected chi connectivity index (χ1v) is 4.81. The number of hydrogen-bond acceptors (Lipinski definition) is 2. The first kappa shape index (κ1) is 12.7. The van der Waals surface area contributed by atoms with Gasteiger partial charge in [-0.3, -0.25) is 4.79 Å². The smallest absolute Gasteiger partial charge is 0.331 e. The van der Waals surface area contributed by atoms with Gasteiger partial charge in [0, 0.05) is 11.6 Å². The maximum atomic E-state index is 10.6. The monoisotopic (exact) mass is 199 g/mol. The highest BCUT2D eigenvalue weighted by Gasteiger charge is 2.07. The lowest BCUT2D eigenvalue weighted by Gasteiger charge is -2.00. The summed E-state index contributed by atoms with van der Waals surface area (Å²) in [5, 5.41) is 8.70. The number of amides is 1. The zero-order valence-corrected chi connectivity index (χ0v) is 8.45. The number of carboxylic acids is 1. The van der Waals surface area contributed by atoms with Gasteiger partial charge in [-0.25, -0.2) is 4.79 Å². The number of carbonyl (C=O) groups is 2. The minimum atomic E-state index is -1.06. The van der Waals surface area contributed by atoms with Gasteiger partial charge in [-0.05, 0) is 12.8 Å². The van der Waals surface area contributed by atoms with Crippen LogP contribution >= 0.6 is 0 Å². The summed E-state index contributed by atoms with van der Waals surface area (Å²) in [6, 6.07) is 0. The molecule has 0 aromatic heterocycles. The Kier molecular flexibility index (Phi) is 6.45. The van der Waals surface area contributed by atoms with Crippen molar-refractivity contribution in [3.8, 4) is 0 Å². The molecule has 14 heavy (non-hydrogen) atoms. The molecule has 4 nitrogen and oxygen atoms in total. The van der Waals surface area contributed by atoms with Crippen molar-refractivity contribution in [1.82, 2.24) is 0 Å². The van der Waals surface area contributed by atoms with Gasteiger partial charge in [0.15, 0.2) is 0 Å². The van der Waals surface area contributed by atoms with Gasteiger partial charge in [-0.15, -0.1) is 0 Å². The predicted molar refractivity (Wildman–Crippen MR) is 53.7 cm³/mol. The van der Waals surface area contributed by atoms with E-state index in [4.69, 9.17) is 10.8 Å². The molecule has 0 aromatic carbocycles. The summed E-state index contributed by atoms with van der Waals surface area (Å²) in [6.45, 7) is 2.08. The molecular weight excluding hydrogens is 182 g/mol. The van der Waals surface area contributed by atoms with E-state index >= 15 is 0 Å². The van der Waals surface area contributed by atoms with Crippen LogP contribution in [0.4, 0.5) is 0 Å². The van der Waals surface area contributed by atoms with Crippen LogP contribution < -0.4 is 5.73 Å². The summed E-state index contributed by atoms with van der Waals surface area (Å²) >= 11 is 0. The van der Waals surface area contributed by atoms with E-state index < -0.39 is 11.9 Å². The van der Waals surface area contributed by atoms with Crippen molar-refractivity contribution in [2.24, 2.45) is 5.73 Å². The second-order valence-electron chi connectivity index (χ2n) is 3.19. The molecule has 0 atom stereocenters. The van der Waals surface area contributed by atoms with E-state index in [9.17, 15) is 9.59 Å². The standard InChI is InChI=1S/C10H17NO3/c1-2-3-4-5-6-8(10(13)14)7-9(11)12/h7H,2-6H2,1H3,(H2,11,12)(H,13,14). The third-order valence-electron chi connectivity index (χ3n) is 1.89. The highest BCUT2D eigenvalue weighted by molar-refractivity contribution is 5.96. The Morgan fingerprint density at radius 2 is 1.93 bits per heavy atom. The third-order valence-corrected chi connectivity index (χ3v) is 1.89. The number of carboxylic acid groups (broad SMARTS) is 1. The molecule has 0 radical (unpaired) electrons. The van der Waals surface area contributed by atoms with Crippen LogP contribution in [0.5, 0.6) is 0 Å². The molecule has 80 valence electrons. The molecule has 0 heterocycles. The van der Waals surface area contributed by atoms with E-state index in [2.05, 4.69) is 6.92 Å². The van der Waals surface area contributed by atoms with Gasteiger partial charge in [0.25, 0.3) is 0 Å². The largest absolute Gasteiger partial charge is 0.478 e. The second kappa shape index (κ2) is 7.12. The normalized spacial score (nSPS) is 11.4. The Bertz CT molecular complexity index is 234. The summed E-state index contributed by atoms with van der Waals surface area (Å²) in [4.78, 5) is 21.1. The van der Waals surface area contributed by atoms with Gasteiger partial charge < -0.3 is 10.8 Å². The van der Waals surface area contributed by atoms with Crippen molar-refractivity contribution in [2.75, 3.05) is 0 Å². The van der Waals surface area contributed by atoms with E-state index in [1.54, 1.807) is 0 Å². The Balaban J connectivity index is 3.99. The van der Waals surface area contributed by atoms with Gasteiger partial charge in [0.2, 0.25) is 5.91 Å². The Labute approximate surface area is 83.8 Å². The zero-order chi connectivity index (χ0) is 11.0. The van der Waals surface area contributed by atoms with E-state index in [1.807, 2.05) is 0 Å². The maximum Gasteiger partial charge on any atom is 0.331 e. The quantitative estimate of drug-likeness (QED) is 0.481. The number of carbonyl (C=O) groups excluding carboxylic acids is 1. The molecule has 0 aliphatic heterocycles. The lowest BCUT2D eigenvalue weighted by molar-refractivity contribution is -0.133. The molecule has 0 aliphatic carbocycles. The van der Waals surface area contributed by atoms with Crippen LogP contribution in [0.2, 0.25) is 0 Å². The fourth-order valence-corrected chi connectivity index (χ4v) is 1.15. The Morgan fingerprint density at radius 3 is 2.36 bits per heavy atom. The van der Waals surface area contributed by atoms with Gasteiger partial charge in [-0.2, -0.15) is 0 Å². The molecule has 0 rings (SSSR count). The molecule has 0 bridgehead atoms. The number of aliphatic carboxylic acids is 1. The SMILES string of the molecule is CCCCCCC(=CC(N)=O)C(=O)O. The number of rotatable bonds is 7. The first-order valence-electron chi connectivity index (χ1n) is 4.81. The number of unbranched alkanes of at least 4 members (excludes halogenated alkanes) is 3. The van der Waals surface area contributed by atoms with E-state index in [1.165, 1.54) is 0 Å². The number of primary amides is 1. The topological polar surface area (TPSA) is 80.4 Å². The van der Waals surface area contributed by atoms with Crippen LogP contribution in [-0.2, 0) is 9.59 Å². The van der Waals surface area contributed by atoms with Crippen LogP contribution in [0.15, 0.2) is 11.6 Å². The van der Waals surface area contributed by atoms with Crippen molar-refractivity contribution in [3.05, 3.63) is 11.6 Å². The molecule has 0 aromatic rings. The van der Waals surface area contributed by atoms with E-state index in [0.717, 1.165) is 31.8 Å². The van der Waals surface area contributed by atoms with E-state index in [0.29, 0.717) is 6.42 Å². The molecule has 1 amide bonds. The zero-order valence-electron chi connectivity index (χ0n) is 8.45. The molecule has 0 unspecified atom stereocenters. The molecule has 4 heteroatoms. The fraction of sp³-hybridized carbons (Fsp3) is 0.600. The molecule has 0 aliphatic rings.